The Balaban J connectivity index is 1.83. The average molecular weight is 268 g/mol. The number of aliphatic hydroxyl groups is 1. The molecule has 4 heteroatoms. The van der Waals surface area contributed by atoms with E-state index in [1.165, 1.54) is 0 Å². The minimum Gasteiger partial charge on any atom is -0.390 e. The summed E-state index contributed by atoms with van der Waals surface area (Å²) in [7, 11) is 0. The van der Waals surface area contributed by atoms with E-state index in [2.05, 4.69) is 0 Å². The molecular formula is C15H24O4. The Labute approximate surface area is 114 Å². The van der Waals surface area contributed by atoms with E-state index in [0.717, 1.165) is 71.2 Å². The smallest absolute Gasteiger partial charge is 0.128 e. The van der Waals surface area contributed by atoms with Crippen LogP contribution in [0.15, 0.2) is 0 Å². The third-order valence-corrected chi connectivity index (χ3v) is 5.96. The number of rotatable bonds is 0. The molecular weight excluding hydrogens is 244 g/mol. The van der Waals surface area contributed by atoms with Gasteiger partial charge in [-0.2, -0.15) is 0 Å². The van der Waals surface area contributed by atoms with Crippen molar-refractivity contribution in [2.75, 3.05) is 19.8 Å². The van der Waals surface area contributed by atoms with Crippen molar-refractivity contribution in [1.29, 1.82) is 0 Å². The lowest BCUT2D eigenvalue weighted by Crippen LogP contribution is -2.74. The fraction of sp³-hybridized carbons (Fsp3) is 1.00. The van der Waals surface area contributed by atoms with Gasteiger partial charge in [0, 0.05) is 19.8 Å². The van der Waals surface area contributed by atoms with Gasteiger partial charge in [-0.05, 0) is 51.4 Å². The highest BCUT2D eigenvalue weighted by molar-refractivity contribution is 5.23. The van der Waals surface area contributed by atoms with Crippen molar-refractivity contribution in [3.05, 3.63) is 0 Å². The highest BCUT2D eigenvalue weighted by Crippen LogP contribution is 2.60. The molecule has 19 heavy (non-hydrogen) atoms. The first-order valence-electron chi connectivity index (χ1n) is 7.85. The van der Waals surface area contributed by atoms with Crippen LogP contribution in [-0.2, 0) is 14.2 Å². The molecule has 3 aliphatic heterocycles. The normalized spacial score (nSPS) is 53.8. The summed E-state index contributed by atoms with van der Waals surface area (Å²) in [6.07, 6.45) is 7.44. The molecule has 1 aliphatic carbocycles. The van der Waals surface area contributed by atoms with Crippen LogP contribution in [0.5, 0.6) is 0 Å². The summed E-state index contributed by atoms with van der Waals surface area (Å²) >= 11 is 0. The van der Waals surface area contributed by atoms with Crippen LogP contribution in [-0.4, -0.2) is 47.8 Å². The Morgan fingerprint density at radius 3 is 2.16 bits per heavy atom. The van der Waals surface area contributed by atoms with Gasteiger partial charge in [-0.25, -0.2) is 0 Å². The van der Waals surface area contributed by atoms with Gasteiger partial charge in [-0.3, -0.25) is 0 Å². The van der Waals surface area contributed by atoms with E-state index in [-0.39, 0.29) is 5.60 Å². The van der Waals surface area contributed by atoms with E-state index in [4.69, 9.17) is 14.2 Å². The molecule has 0 amide bonds. The van der Waals surface area contributed by atoms with Crippen LogP contribution in [0.1, 0.15) is 51.4 Å². The largest absolute Gasteiger partial charge is 0.390 e. The van der Waals surface area contributed by atoms with E-state index in [9.17, 15) is 5.11 Å². The molecule has 3 heterocycles. The van der Waals surface area contributed by atoms with Gasteiger partial charge in [0.1, 0.15) is 16.8 Å². The summed E-state index contributed by atoms with van der Waals surface area (Å²) in [5, 5.41) is 10.7. The van der Waals surface area contributed by atoms with Crippen molar-refractivity contribution in [2.24, 2.45) is 0 Å². The Kier molecular flexibility index (Phi) is 2.76. The van der Waals surface area contributed by atoms with Gasteiger partial charge >= 0.3 is 0 Å². The van der Waals surface area contributed by atoms with Crippen molar-refractivity contribution in [1.82, 2.24) is 0 Å². The van der Waals surface area contributed by atoms with Crippen LogP contribution in [0.2, 0.25) is 0 Å². The molecule has 3 spiro atoms. The predicted molar refractivity (Wildman–Crippen MR) is 69.0 cm³/mol. The summed E-state index contributed by atoms with van der Waals surface area (Å²) in [6, 6.07) is 0. The monoisotopic (exact) mass is 268 g/mol. The maximum Gasteiger partial charge on any atom is 0.128 e. The molecule has 0 aromatic carbocycles. The zero-order valence-electron chi connectivity index (χ0n) is 11.5. The molecule has 4 atom stereocenters. The SMILES string of the molecule is O[C@H]1CC[C@@]2(CCCO2)[C@@]2(CCCO2)[C@]12CCCO2. The third-order valence-electron chi connectivity index (χ3n) is 5.96. The fourth-order valence-corrected chi connectivity index (χ4v) is 5.25. The molecule has 1 N–H and O–H groups in total. The predicted octanol–water partition coefficient (Wildman–Crippen LogP) is 1.79. The standard InChI is InChI=1S/C15H24O4/c16-12-4-8-13(5-1-9-17-13)15(7-3-11-19-15)14(12)6-2-10-18-14/h12,16H,1-11H2/t12-,13-,14-,15-/m0/s1. The van der Waals surface area contributed by atoms with Gasteiger partial charge < -0.3 is 19.3 Å². The zero-order valence-corrected chi connectivity index (χ0v) is 11.5. The third kappa shape index (κ3) is 1.39. The summed E-state index contributed by atoms with van der Waals surface area (Å²) in [4.78, 5) is 0. The van der Waals surface area contributed by atoms with Crippen LogP contribution < -0.4 is 0 Å². The summed E-state index contributed by atoms with van der Waals surface area (Å²) < 4.78 is 18.7. The molecule has 4 rings (SSSR count). The lowest BCUT2D eigenvalue weighted by molar-refractivity contribution is -0.303. The van der Waals surface area contributed by atoms with Crippen molar-refractivity contribution in [2.45, 2.75) is 74.3 Å². The van der Waals surface area contributed by atoms with Gasteiger partial charge in [0.25, 0.3) is 0 Å². The van der Waals surface area contributed by atoms with Crippen LogP contribution in [0.4, 0.5) is 0 Å². The fourth-order valence-electron chi connectivity index (χ4n) is 5.25. The molecule has 108 valence electrons. The Morgan fingerprint density at radius 2 is 1.53 bits per heavy atom. The van der Waals surface area contributed by atoms with Gasteiger partial charge in [0.05, 0.1) is 6.10 Å². The molecule has 4 aliphatic rings. The second-order valence-corrected chi connectivity index (χ2v) is 6.62. The highest BCUT2D eigenvalue weighted by Gasteiger charge is 2.72. The summed E-state index contributed by atoms with van der Waals surface area (Å²) in [5.74, 6) is 0. The number of fused-ring (bicyclic) bond motifs is 2. The minimum atomic E-state index is -0.508. The Bertz CT molecular complexity index is 349. The van der Waals surface area contributed by atoms with E-state index < -0.39 is 17.3 Å². The molecule has 4 nitrogen and oxygen atoms in total. The zero-order chi connectivity index (χ0) is 13.0. The average Bonchev–Trinajstić information content (AvgIpc) is 3.13. The summed E-state index contributed by atoms with van der Waals surface area (Å²) in [6.45, 7) is 2.36. The van der Waals surface area contributed by atoms with Crippen LogP contribution in [0, 0.1) is 0 Å². The van der Waals surface area contributed by atoms with Crippen LogP contribution in [0.3, 0.4) is 0 Å². The van der Waals surface area contributed by atoms with Gasteiger partial charge in [0.2, 0.25) is 0 Å². The maximum absolute atomic E-state index is 10.7. The minimum absolute atomic E-state index is 0.201. The van der Waals surface area contributed by atoms with Crippen LogP contribution >= 0.6 is 0 Å². The van der Waals surface area contributed by atoms with Gasteiger partial charge in [-0.1, -0.05) is 0 Å². The second-order valence-electron chi connectivity index (χ2n) is 6.62. The molecule has 3 saturated heterocycles. The molecule has 0 unspecified atom stereocenters. The number of hydrogen-bond acceptors (Lipinski definition) is 4. The lowest BCUT2D eigenvalue weighted by Gasteiger charge is -2.59. The molecule has 4 fully saturated rings. The van der Waals surface area contributed by atoms with E-state index in [0.29, 0.717) is 0 Å². The van der Waals surface area contributed by atoms with E-state index in [1.807, 2.05) is 0 Å². The van der Waals surface area contributed by atoms with Gasteiger partial charge in [-0.15, -0.1) is 0 Å². The summed E-state index contributed by atoms with van der Waals surface area (Å²) in [5.41, 5.74) is -1.11. The molecule has 0 aromatic rings. The second kappa shape index (κ2) is 4.17. The van der Waals surface area contributed by atoms with Crippen LogP contribution in [0.25, 0.3) is 0 Å². The lowest BCUT2D eigenvalue weighted by atomic mass is 9.58. The Morgan fingerprint density at radius 1 is 0.789 bits per heavy atom. The van der Waals surface area contributed by atoms with E-state index in [1.54, 1.807) is 0 Å². The molecule has 0 bridgehead atoms. The first kappa shape index (κ1) is 12.6. The first-order chi connectivity index (χ1) is 9.25. The van der Waals surface area contributed by atoms with Crippen molar-refractivity contribution < 1.29 is 19.3 Å². The van der Waals surface area contributed by atoms with E-state index >= 15 is 0 Å². The van der Waals surface area contributed by atoms with Crippen molar-refractivity contribution in [3.63, 3.8) is 0 Å². The molecule has 0 aromatic heterocycles. The van der Waals surface area contributed by atoms with Crippen molar-refractivity contribution in [3.8, 4) is 0 Å². The molecule has 0 radical (unpaired) electrons. The number of hydrogen-bond donors (Lipinski definition) is 1. The quantitative estimate of drug-likeness (QED) is 0.727. The van der Waals surface area contributed by atoms with Crippen molar-refractivity contribution >= 4 is 0 Å². The van der Waals surface area contributed by atoms with Gasteiger partial charge in [0.15, 0.2) is 0 Å². The maximum atomic E-state index is 10.7. The number of aliphatic hydroxyl groups excluding tert-OH is 1. The first-order valence-corrected chi connectivity index (χ1v) is 7.85. The highest BCUT2D eigenvalue weighted by atomic mass is 16.6. The molecule has 1 saturated carbocycles. The Hall–Kier alpha value is -0.160. The topological polar surface area (TPSA) is 47.9 Å². The number of ether oxygens (including phenoxy) is 3.